The Morgan fingerprint density at radius 1 is 0.667 bits per heavy atom. The van der Waals surface area contributed by atoms with Gasteiger partial charge in [-0.25, -0.2) is 0 Å². The largest absolute Gasteiger partial charge is 0.381 e. The van der Waals surface area contributed by atoms with E-state index in [-0.39, 0.29) is 0 Å². The zero-order valence-electron chi connectivity index (χ0n) is 19.7. The molecule has 6 rings (SSSR count). The van der Waals surface area contributed by atoms with Crippen LogP contribution in [0.5, 0.6) is 0 Å². The predicted molar refractivity (Wildman–Crippen MR) is 151 cm³/mol. The highest BCUT2D eigenvalue weighted by Crippen LogP contribution is 2.35. The van der Waals surface area contributed by atoms with Crippen LogP contribution in [0.3, 0.4) is 0 Å². The molecule has 36 heavy (non-hydrogen) atoms. The highest BCUT2D eigenvalue weighted by atomic mass is 35.5. The van der Waals surface area contributed by atoms with E-state index in [0.29, 0.717) is 11.4 Å². The molecular weight excluding hydrogens is 462 g/mol. The second kappa shape index (κ2) is 9.80. The van der Waals surface area contributed by atoms with Gasteiger partial charge in [-0.2, -0.15) is 5.10 Å². The average molecular weight is 486 g/mol. The van der Waals surface area contributed by atoms with Crippen molar-refractivity contribution in [2.75, 3.05) is 5.32 Å². The van der Waals surface area contributed by atoms with Crippen LogP contribution < -0.4 is 5.32 Å². The average Bonchev–Trinajstić information content (AvgIpc) is 2.93. The molecule has 0 unspecified atom stereocenters. The van der Waals surface area contributed by atoms with Crippen LogP contribution in [0.1, 0.15) is 16.8 Å². The number of benzene rings is 5. The highest BCUT2D eigenvalue weighted by molar-refractivity contribution is 6.35. The van der Waals surface area contributed by atoms with Gasteiger partial charge in [0.05, 0.1) is 10.7 Å². The quantitative estimate of drug-likeness (QED) is 0.258. The van der Waals surface area contributed by atoms with Gasteiger partial charge in [0.15, 0.2) is 0 Å². The minimum absolute atomic E-state index is 0.609. The summed E-state index contributed by atoms with van der Waals surface area (Å²) in [6, 6.07) is 39.8. The minimum Gasteiger partial charge on any atom is -0.381 e. The number of hydrogen-bond donors (Lipinski definition) is 1. The fourth-order valence-corrected chi connectivity index (χ4v) is 5.01. The number of halogens is 1. The first kappa shape index (κ1) is 22.3. The Morgan fingerprint density at radius 2 is 1.42 bits per heavy atom. The van der Waals surface area contributed by atoms with Gasteiger partial charge in [0.2, 0.25) is 0 Å². The Kier molecular flexibility index (Phi) is 6.06. The molecular formula is C32H24ClN3. The Morgan fingerprint density at radius 3 is 2.33 bits per heavy atom. The van der Waals surface area contributed by atoms with Crippen molar-refractivity contribution < 1.29 is 0 Å². The maximum atomic E-state index is 6.51. The lowest BCUT2D eigenvalue weighted by Gasteiger charge is -2.15. The van der Waals surface area contributed by atoms with Crippen LogP contribution in [0.4, 0.5) is 5.69 Å². The van der Waals surface area contributed by atoms with Crippen LogP contribution in [-0.4, -0.2) is 10.2 Å². The topological polar surface area (TPSA) is 37.8 Å². The normalized spacial score (nSPS) is 11.1. The Bertz CT molecular complexity index is 1670. The lowest BCUT2D eigenvalue weighted by Crippen LogP contribution is -2.02. The third kappa shape index (κ3) is 4.41. The first-order chi connectivity index (χ1) is 17.8. The third-order valence-electron chi connectivity index (χ3n) is 6.54. The maximum absolute atomic E-state index is 6.51. The third-order valence-corrected chi connectivity index (χ3v) is 6.85. The standard InChI is InChI=1S/C32H24ClN3/c33-29-18-8-17-28-31(30(35-36-32(28)29)19-22-9-2-1-3-10-22)24-13-7-15-26(20-24)34-21-25-14-6-12-23-11-4-5-16-27(23)25/h1-18,20,34H,19,21H2. The Balaban J connectivity index is 1.39. The van der Waals surface area contributed by atoms with Gasteiger partial charge in [-0.05, 0) is 45.7 Å². The summed E-state index contributed by atoms with van der Waals surface area (Å²) in [4.78, 5) is 0. The van der Waals surface area contributed by atoms with Crippen LogP contribution in [0.15, 0.2) is 115 Å². The molecule has 0 spiro atoms. The van der Waals surface area contributed by atoms with Crippen LogP contribution in [0.25, 0.3) is 32.8 Å². The van der Waals surface area contributed by atoms with Gasteiger partial charge in [0.25, 0.3) is 0 Å². The molecule has 1 N–H and O–H groups in total. The fraction of sp³-hybridized carbons (Fsp3) is 0.0625. The number of fused-ring (bicyclic) bond motifs is 2. The number of nitrogens with zero attached hydrogens (tertiary/aromatic N) is 2. The van der Waals surface area contributed by atoms with Gasteiger partial charge in [-0.15, -0.1) is 5.10 Å². The zero-order chi connectivity index (χ0) is 24.3. The molecule has 6 aromatic rings. The van der Waals surface area contributed by atoms with Crippen LogP contribution in [0, 0.1) is 0 Å². The highest BCUT2D eigenvalue weighted by Gasteiger charge is 2.15. The van der Waals surface area contributed by atoms with Crippen molar-refractivity contribution in [3.05, 3.63) is 137 Å². The molecule has 5 aromatic carbocycles. The van der Waals surface area contributed by atoms with Gasteiger partial charge in [-0.1, -0.05) is 109 Å². The van der Waals surface area contributed by atoms with Crippen molar-refractivity contribution in [3.63, 3.8) is 0 Å². The Labute approximate surface area is 215 Å². The van der Waals surface area contributed by atoms with Gasteiger partial charge < -0.3 is 5.32 Å². The molecule has 0 fully saturated rings. The molecule has 0 atom stereocenters. The molecule has 0 aliphatic heterocycles. The van der Waals surface area contributed by atoms with E-state index in [1.54, 1.807) is 0 Å². The summed E-state index contributed by atoms with van der Waals surface area (Å²) in [7, 11) is 0. The van der Waals surface area contributed by atoms with Crippen molar-refractivity contribution in [1.82, 2.24) is 10.2 Å². The molecule has 4 heteroatoms. The smallest absolute Gasteiger partial charge is 0.112 e. The summed E-state index contributed by atoms with van der Waals surface area (Å²) < 4.78 is 0. The summed E-state index contributed by atoms with van der Waals surface area (Å²) >= 11 is 6.51. The number of aromatic nitrogens is 2. The summed E-state index contributed by atoms with van der Waals surface area (Å²) in [6.45, 7) is 0.739. The van der Waals surface area contributed by atoms with Crippen LogP contribution in [-0.2, 0) is 13.0 Å². The number of nitrogens with one attached hydrogen (secondary N) is 1. The molecule has 0 radical (unpaired) electrons. The summed E-state index contributed by atoms with van der Waals surface area (Å²) in [5.74, 6) is 0. The van der Waals surface area contributed by atoms with Gasteiger partial charge in [0, 0.05) is 29.6 Å². The van der Waals surface area contributed by atoms with Crippen molar-refractivity contribution in [2.24, 2.45) is 0 Å². The van der Waals surface area contributed by atoms with Crippen molar-refractivity contribution in [3.8, 4) is 11.1 Å². The molecule has 174 valence electrons. The van der Waals surface area contributed by atoms with Crippen molar-refractivity contribution in [2.45, 2.75) is 13.0 Å². The van der Waals surface area contributed by atoms with E-state index in [2.05, 4.69) is 113 Å². The van der Waals surface area contributed by atoms with E-state index in [4.69, 9.17) is 11.6 Å². The molecule has 0 aliphatic carbocycles. The lowest BCUT2D eigenvalue weighted by atomic mass is 9.95. The SMILES string of the molecule is Clc1cccc2c(-c3cccc(NCc4cccc5ccccc45)c3)c(Cc3ccccc3)nnc12. The monoisotopic (exact) mass is 485 g/mol. The van der Waals surface area contributed by atoms with Gasteiger partial charge in [0.1, 0.15) is 5.52 Å². The first-order valence-electron chi connectivity index (χ1n) is 12.0. The molecule has 3 nitrogen and oxygen atoms in total. The molecule has 1 heterocycles. The molecule has 0 amide bonds. The fourth-order valence-electron chi connectivity index (χ4n) is 4.80. The van der Waals surface area contributed by atoms with E-state index in [9.17, 15) is 0 Å². The van der Waals surface area contributed by atoms with Crippen LogP contribution >= 0.6 is 11.6 Å². The minimum atomic E-state index is 0.609. The number of rotatable bonds is 6. The second-order valence-electron chi connectivity index (χ2n) is 8.89. The van der Waals surface area contributed by atoms with Crippen LogP contribution in [0.2, 0.25) is 5.02 Å². The van der Waals surface area contributed by atoms with E-state index >= 15 is 0 Å². The summed E-state index contributed by atoms with van der Waals surface area (Å²) in [6.07, 6.45) is 0.694. The molecule has 0 saturated carbocycles. The molecule has 0 saturated heterocycles. The van der Waals surface area contributed by atoms with E-state index in [1.165, 1.54) is 21.9 Å². The van der Waals surface area contributed by atoms with E-state index in [0.717, 1.165) is 40.0 Å². The molecule has 0 bridgehead atoms. The van der Waals surface area contributed by atoms with Crippen molar-refractivity contribution >= 4 is 39.0 Å². The summed E-state index contributed by atoms with van der Waals surface area (Å²) in [5, 5.41) is 16.9. The number of hydrogen-bond acceptors (Lipinski definition) is 3. The van der Waals surface area contributed by atoms with Gasteiger partial charge >= 0.3 is 0 Å². The van der Waals surface area contributed by atoms with E-state index < -0.39 is 0 Å². The zero-order valence-corrected chi connectivity index (χ0v) is 20.4. The predicted octanol–water partition coefficient (Wildman–Crippen LogP) is 8.31. The molecule has 1 aromatic heterocycles. The Hall–Kier alpha value is -4.21. The summed E-state index contributed by atoms with van der Waals surface area (Å²) in [5.41, 5.74) is 7.33. The van der Waals surface area contributed by atoms with E-state index in [1.807, 2.05) is 18.2 Å². The lowest BCUT2D eigenvalue weighted by molar-refractivity contribution is 0.969. The van der Waals surface area contributed by atoms with Crippen molar-refractivity contribution in [1.29, 1.82) is 0 Å². The molecule has 0 aliphatic rings. The second-order valence-corrected chi connectivity index (χ2v) is 9.30. The van der Waals surface area contributed by atoms with Gasteiger partial charge in [-0.3, -0.25) is 0 Å². The first-order valence-corrected chi connectivity index (χ1v) is 12.4. The maximum Gasteiger partial charge on any atom is 0.112 e. The number of anilines is 1.